The number of hydrogen-bond donors (Lipinski definition) is 2. The minimum Gasteiger partial charge on any atom is -0.388 e. The first-order valence-electron chi connectivity index (χ1n) is 6.00. The zero-order valence-electron chi connectivity index (χ0n) is 9.59. The molecule has 0 spiro atoms. The van der Waals surface area contributed by atoms with Crippen molar-refractivity contribution in [1.82, 2.24) is 5.32 Å². The first kappa shape index (κ1) is 10.4. The van der Waals surface area contributed by atoms with Crippen LogP contribution in [0.2, 0.25) is 0 Å². The smallest absolute Gasteiger partial charge is 0.0830 e. The molecule has 2 rings (SSSR count). The lowest BCUT2D eigenvalue weighted by Crippen LogP contribution is -2.65. The Kier molecular flexibility index (Phi) is 2.61. The number of hydrogen-bond acceptors (Lipinski definition) is 2. The summed E-state index contributed by atoms with van der Waals surface area (Å²) < 4.78 is 0. The van der Waals surface area contributed by atoms with Gasteiger partial charge in [0.15, 0.2) is 0 Å². The van der Waals surface area contributed by atoms with Gasteiger partial charge in [-0.2, -0.15) is 0 Å². The Morgan fingerprint density at radius 1 is 1.29 bits per heavy atom. The van der Waals surface area contributed by atoms with Gasteiger partial charge in [-0.15, -0.1) is 0 Å². The summed E-state index contributed by atoms with van der Waals surface area (Å²) in [6, 6.07) is 0.345. The van der Waals surface area contributed by atoms with E-state index in [1.165, 1.54) is 6.42 Å². The fraction of sp³-hybridized carbons (Fsp3) is 1.00. The molecule has 1 saturated heterocycles. The molecule has 0 bridgehead atoms. The molecule has 2 aliphatic rings. The minimum atomic E-state index is -0.409. The third-order valence-corrected chi connectivity index (χ3v) is 4.56. The Hall–Kier alpha value is -0.0800. The van der Waals surface area contributed by atoms with Gasteiger partial charge in [0.05, 0.1) is 5.60 Å². The molecule has 2 fully saturated rings. The Balaban J connectivity index is 2.00. The first-order valence-corrected chi connectivity index (χ1v) is 6.00. The van der Waals surface area contributed by atoms with Crippen LogP contribution in [-0.4, -0.2) is 23.3 Å². The van der Waals surface area contributed by atoms with E-state index in [0.717, 1.165) is 25.3 Å². The maximum absolute atomic E-state index is 10.5. The van der Waals surface area contributed by atoms with Crippen LogP contribution in [0.1, 0.15) is 40.0 Å². The lowest BCUT2D eigenvalue weighted by Gasteiger charge is -2.55. The third-order valence-electron chi connectivity index (χ3n) is 4.56. The maximum Gasteiger partial charge on any atom is 0.0830 e. The molecular weight excluding hydrogens is 174 g/mol. The molecule has 1 aliphatic heterocycles. The van der Waals surface area contributed by atoms with Gasteiger partial charge in [-0.05, 0) is 43.6 Å². The summed E-state index contributed by atoms with van der Waals surface area (Å²) in [6.45, 7) is 7.81. The summed E-state index contributed by atoms with van der Waals surface area (Å²) in [7, 11) is 0. The van der Waals surface area contributed by atoms with Crippen LogP contribution in [0.15, 0.2) is 0 Å². The molecule has 2 nitrogen and oxygen atoms in total. The highest BCUT2D eigenvalue weighted by molar-refractivity contribution is 5.06. The van der Waals surface area contributed by atoms with Crippen LogP contribution < -0.4 is 5.32 Å². The summed E-state index contributed by atoms with van der Waals surface area (Å²) in [6.07, 6.45) is 3.39. The van der Waals surface area contributed by atoms with Gasteiger partial charge in [0.2, 0.25) is 0 Å². The summed E-state index contributed by atoms with van der Waals surface area (Å²) in [4.78, 5) is 0. The molecule has 0 aromatic rings. The van der Waals surface area contributed by atoms with Crippen molar-refractivity contribution in [2.45, 2.75) is 51.7 Å². The lowest BCUT2D eigenvalue weighted by atomic mass is 9.58. The maximum atomic E-state index is 10.5. The van der Waals surface area contributed by atoms with Crippen molar-refractivity contribution in [2.75, 3.05) is 6.54 Å². The van der Waals surface area contributed by atoms with Crippen LogP contribution in [0, 0.1) is 17.8 Å². The number of nitrogens with one attached hydrogen (secondary N) is 1. The molecule has 2 N–H and O–H groups in total. The van der Waals surface area contributed by atoms with Crippen LogP contribution in [0.4, 0.5) is 0 Å². The van der Waals surface area contributed by atoms with Crippen molar-refractivity contribution >= 4 is 0 Å². The van der Waals surface area contributed by atoms with Gasteiger partial charge >= 0.3 is 0 Å². The summed E-state index contributed by atoms with van der Waals surface area (Å²) >= 11 is 0. The highest BCUT2D eigenvalue weighted by atomic mass is 16.3. The van der Waals surface area contributed by atoms with Gasteiger partial charge in [0, 0.05) is 6.04 Å². The average molecular weight is 197 g/mol. The van der Waals surface area contributed by atoms with E-state index in [-0.39, 0.29) is 0 Å². The van der Waals surface area contributed by atoms with E-state index in [9.17, 15) is 5.11 Å². The second-order valence-electron chi connectivity index (χ2n) is 5.60. The van der Waals surface area contributed by atoms with Gasteiger partial charge < -0.3 is 10.4 Å². The zero-order valence-corrected chi connectivity index (χ0v) is 9.59. The fourth-order valence-electron chi connectivity index (χ4n) is 3.16. The van der Waals surface area contributed by atoms with Gasteiger partial charge in [-0.25, -0.2) is 0 Å². The highest BCUT2D eigenvalue weighted by Crippen LogP contribution is 2.47. The molecule has 5 atom stereocenters. The highest BCUT2D eigenvalue weighted by Gasteiger charge is 2.53. The predicted octanol–water partition coefficient (Wildman–Crippen LogP) is 1.78. The minimum absolute atomic E-state index is 0.345. The zero-order chi connectivity index (χ0) is 10.3. The topological polar surface area (TPSA) is 32.3 Å². The first-order chi connectivity index (χ1) is 6.54. The van der Waals surface area contributed by atoms with Crippen molar-refractivity contribution in [2.24, 2.45) is 17.8 Å². The normalized spacial score (nSPS) is 54.0. The van der Waals surface area contributed by atoms with Crippen LogP contribution in [0.3, 0.4) is 0 Å². The van der Waals surface area contributed by atoms with Gasteiger partial charge in [-0.3, -0.25) is 0 Å². The van der Waals surface area contributed by atoms with E-state index in [1.807, 2.05) is 0 Å². The molecule has 0 aromatic heterocycles. The third kappa shape index (κ3) is 1.49. The van der Waals surface area contributed by atoms with Crippen molar-refractivity contribution < 1.29 is 5.11 Å². The lowest BCUT2D eigenvalue weighted by molar-refractivity contribution is -0.154. The Labute approximate surface area is 87.1 Å². The van der Waals surface area contributed by atoms with Crippen molar-refractivity contribution in [1.29, 1.82) is 0 Å². The quantitative estimate of drug-likeness (QED) is 0.671. The van der Waals surface area contributed by atoms with E-state index >= 15 is 0 Å². The molecule has 2 heteroatoms. The van der Waals surface area contributed by atoms with Gasteiger partial charge in [0.25, 0.3) is 0 Å². The molecule has 0 aromatic carbocycles. The average Bonchev–Trinajstić information content (AvgIpc) is 2.17. The molecule has 5 unspecified atom stereocenters. The SMILES string of the molecule is CC1CCNC(C2(O)CC(C)C2C)C1. The van der Waals surface area contributed by atoms with E-state index in [2.05, 4.69) is 26.1 Å². The Bertz CT molecular complexity index is 218. The van der Waals surface area contributed by atoms with Crippen LogP contribution >= 0.6 is 0 Å². The second kappa shape index (κ2) is 3.49. The second-order valence-corrected chi connectivity index (χ2v) is 5.60. The van der Waals surface area contributed by atoms with Gasteiger partial charge in [0.1, 0.15) is 0 Å². The number of aliphatic hydroxyl groups is 1. The molecule has 0 amide bonds. The Morgan fingerprint density at radius 2 is 2.00 bits per heavy atom. The summed E-state index contributed by atoms with van der Waals surface area (Å²) in [5.41, 5.74) is -0.409. The van der Waals surface area contributed by atoms with E-state index < -0.39 is 5.60 Å². The monoisotopic (exact) mass is 197 g/mol. The van der Waals surface area contributed by atoms with Gasteiger partial charge in [-0.1, -0.05) is 20.8 Å². The molecule has 14 heavy (non-hydrogen) atoms. The largest absolute Gasteiger partial charge is 0.388 e. The van der Waals surface area contributed by atoms with Crippen molar-refractivity contribution in [3.05, 3.63) is 0 Å². The molecule has 82 valence electrons. The fourth-order valence-corrected chi connectivity index (χ4v) is 3.16. The van der Waals surface area contributed by atoms with E-state index in [4.69, 9.17) is 0 Å². The van der Waals surface area contributed by atoms with E-state index in [0.29, 0.717) is 17.9 Å². The molecule has 1 aliphatic carbocycles. The number of rotatable bonds is 1. The molecule has 1 saturated carbocycles. The molecule has 1 heterocycles. The van der Waals surface area contributed by atoms with Crippen LogP contribution in [0.5, 0.6) is 0 Å². The van der Waals surface area contributed by atoms with Crippen molar-refractivity contribution in [3.8, 4) is 0 Å². The number of piperidine rings is 1. The summed E-state index contributed by atoms with van der Waals surface area (Å²) in [5.74, 6) is 1.93. The van der Waals surface area contributed by atoms with Crippen molar-refractivity contribution in [3.63, 3.8) is 0 Å². The predicted molar refractivity (Wildman–Crippen MR) is 58.1 cm³/mol. The van der Waals surface area contributed by atoms with E-state index in [1.54, 1.807) is 0 Å². The molecule has 0 radical (unpaired) electrons. The van der Waals surface area contributed by atoms with Crippen LogP contribution in [0.25, 0.3) is 0 Å². The summed E-state index contributed by atoms with van der Waals surface area (Å²) in [5, 5.41) is 14.0. The standard InChI is InChI=1S/C12H23NO/c1-8-4-5-13-11(6-8)12(14)7-9(2)10(12)3/h8-11,13-14H,4-7H2,1-3H3. The van der Waals surface area contributed by atoms with Crippen LogP contribution in [-0.2, 0) is 0 Å². The Morgan fingerprint density at radius 3 is 2.50 bits per heavy atom. The molecular formula is C12H23NO.